The Morgan fingerprint density at radius 3 is 2.58 bits per heavy atom. The first-order valence-electron chi connectivity index (χ1n) is 9.99. The minimum absolute atomic E-state index is 0.0274. The van der Waals surface area contributed by atoms with E-state index in [-0.39, 0.29) is 43.0 Å². The normalized spacial score (nSPS) is 11.3. The van der Waals surface area contributed by atoms with Gasteiger partial charge in [0, 0.05) is 31.2 Å². The lowest BCUT2D eigenvalue weighted by Gasteiger charge is -2.27. The average molecular weight is 496 g/mol. The first-order valence-corrected chi connectivity index (χ1v) is 10.8. The van der Waals surface area contributed by atoms with Gasteiger partial charge in [-0.25, -0.2) is 4.79 Å². The van der Waals surface area contributed by atoms with Gasteiger partial charge in [0.25, 0.3) is 5.56 Å². The lowest BCUT2D eigenvalue weighted by Crippen LogP contribution is -2.46. The van der Waals surface area contributed by atoms with E-state index in [0.29, 0.717) is 13.1 Å². The van der Waals surface area contributed by atoms with Crippen LogP contribution in [0.25, 0.3) is 0 Å². The van der Waals surface area contributed by atoms with E-state index < -0.39 is 11.2 Å². The van der Waals surface area contributed by atoms with Crippen molar-refractivity contribution in [1.82, 2.24) is 14.5 Å². The third kappa shape index (κ3) is 6.52. The fourth-order valence-electron chi connectivity index (χ4n) is 3.22. The van der Waals surface area contributed by atoms with Crippen LogP contribution in [0.4, 0.5) is 11.5 Å². The number of nitrogen functional groups attached to an aromatic ring is 1. The van der Waals surface area contributed by atoms with Gasteiger partial charge in [0.2, 0.25) is 5.91 Å². The van der Waals surface area contributed by atoms with E-state index >= 15 is 0 Å². The van der Waals surface area contributed by atoms with E-state index in [1.54, 1.807) is 0 Å². The van der Waals surface area contributed by atoms with Crippen molar-refractivity contribution in [2.75, 3.05) is 44.5 Å². The van der Waals surface area contributed by atoms with Gasteiger partial charge in [-0.05, 0) is 24.6 Å². The molecule has 10 heteroatoms. The first-order chi connectivity index (χ1) is 14.6. The Bertz CT molecular complexity index is 1020. The Kier molecular flexibility index (Phi) is 9.02. The standard InChI is InChI=1S/C21H30BrN5O4/c1-14(2)11-27-19(23)18(20(29)24-21(27)30)26(9-10-31-4)17(28)13-25(3)12-15-7-5-6-8-16(15)22/h5-8,14H,9-13,23H2,1-4H3,(H,24,29,30). The number of benzene rings is 1. The van der Waals surface area contributed by atoms with Gasteiger partial charge in [-0.3, -0.25) is 24.0 Å². The topological polar surface area (TPSA) is 114 Å². The molecule has 9 nitrogen and oxygen atoms in total. The number of amides is 1. The number of rotatable bonds is 10. The number of ether oxygens (including phenoxy) is 1. The number of hydrogen-bond donors (Lipinski definition) is 2. The molecule has 1 aromatic carbocycles. The van der Waals surface area contributed by atoms with Crippen molar-refractivity contribution < 1.29 is 9.53 Å². The van der Waals surface area contributed by atoms with Crippen LogP contribution in [0.1, 0.15) is 19.4 Å². The Hall–Kier alpha value is -2.43. The van der Waals surface area contributed by atoms with Gasteiger partial charge in [-0.2, -0.15) is 0 Å². The molecule has 1 aromatic heterocycles. The van der Waals surface area contributed by atoms with Gasteiger partial charge in [-0.15, -0.1) is 0 Å². The number of likely N-dealkylation sites (N-methyl/N-ethyl adjacent to an activating group) is 1. The second kappa shape index (κ2) is 11.3. The van der Waals surface area contributed by atoms with Crippen molar-refractivity contribution in [2.24, 2.45) is 5.92 Å². The third-order valence-electron chi connectivity index (χ3n) is 4.66. The monoisotopic (exact) mass is 495 g/mol. The number of aromatic nitrogens is 2. The molecular formula is C21H30BrN5O4. The number of methoxy groups -OCH3 is 1. The van der Waals surface area contributed by atoms with Gasteiger partial charge in [0.1, 0.15) is 5.82 Å². The number of hydrogen-bond acceptors (Lipinski definition) is 6. The van der Waals surface area contributed by atoms with E-state index in [9.17, 15) is 14.4 Å². The highest BCUT2D eigenvalue weighted by Gasteiger charge is 2.25. The summed E-state index contributed by atoms with van der Waals surface area (Å²) in [6, 6.07) is 7.76. The van der Waals surface area contributed by atoms with Crippen LogP contribution in [0.2, 0.25) is 0 Å². The highest BCUT2D eigenvalue weighted by Crippen LogP contribution is 2.20. The van der Waals surface area contributed by atoms with E-state index in [1.165, 1.54) is 16.6 Å². The number of halogens is 1. The van der Waals surface area contributed by atoms with Crippen LogP contribution < -0.4 is 21.9 Å². The van der Waals surface area contributed by atoms with Gasteiger partial charge in [0.15, 0.2) is 5.69 Å². The van der Waals surface area contributed by atoms with E-state index in [4.69, 9.17) is 10.5 Å². The van der Waals surface area contributed by atoms with Crippen LogP contribution in [-0.2, 0) is 22.6 Å². The molecule has 0 aliphatic heterocycles. The largest absolute Gasteiger partial charge is 0.383 e. The van der Waals surface area contributed by atoms with Crippen molar-refractivity contribution in [3.8, 4) is 0 Å². The quantitative estimate of drug-likeness (QED) is 0.517. The molecule has 2 rings (SSSR count). The molecular weight excluding hydrogens is 466 g/mol. The number of nitrogens with zero attached hydrogens (tertiary/aromatic N) is 3. The Morgan fingerprint density at radius 1 is 1.29 bits per heavy atom. The SMILES string of the molecule is COCCN(C(=O)CN(C)Cc1ccccc1Br)c1c(N)n(CC(C)C)c(=O)[nH]c1=O. The van der Waals surface area contributed by atoms with Crippen LogP contribution >= 0.6 is 15.9 Å². The van der Waals surface area contributed by atoms with E-state index in [1.807, 2.05) is 50.1 Å². The fraction of sp³-hybridized carbons (Fsp3) is 0.476. The zero-order valence-electron chi connectivity index (χ0n) is 18.4. The summed E-state index contributed by atoms with van der Waals surface area (Å²) >= 11 is 3.51. The molecule has 0 unspecified atom stereocenters. The number of anilines is 2. The molecule has 0 aliphatic carbocycles. The van der Waals surface area contributed by atoms with Crippen molar-refractivity contribution in [3.63, 3.8) is 0 Å². The van der Waals surface area contributed by atoms with Crippen LogP contribution in [-0.4, -0.2) is 54.2 Å². The molecule has 1 heterocycles. The van der Waals surface area contributed by atoms with Crippen LogP contribution in [0.15, 0.2) is 38.3 Å². The smallest absolute Gasteiger partial charge is 0.330 e. The van der Waals surface area contributed by atoms with Crippen LogP contribution in [0.3, 0.4) is 0 Å². The average Bonchev–Trinajstić information content (AvgIpc) is 2.69. The van der Waals surface area contributed by atoms with E-state index in [0.717, 1.165) is 10.0 Å². The first kappa shape index (κ1) is 24.8. The highest BCUT2D eigenvalue weighted by atomic mass is 79.9. The summed E-state index contributed by atoms with van der Waals surface area (Å²) in [5.74, 6) is -0.226. The maximum Gasteiger partial charge on any atom is 0.330 e. The minimum atomic E-state index is -0.694. The molecule has 31 heavy (non-hydrogen) atoms. The summed E-state index contributed by atoms with van der Waals surface area (Å²) in [5, 5.41) is 0. The van der Waals surface area contributed by atoms with Gasteiger partial charge in [0.05, 0.1) is 13.2 Å². The lowest BCUT2D eigenvalue weighted by atomic mass is 10.2. The zero-order valence-corrected chi connectivity index (χ0v) is 19.9. The van der Waals surface area contributed by atoms with E-state index in [2.05, 4.69) is 20.9 Å². The number of aromatic amines is 1. The van der Waals surface area contributed by atoms with Crippen molar-refractivity contribution >= 4 is 33.3 Å². The minimum Gasteiger partial charge on any atom is -0.383 e. The summed E-state index contributed by atoms with van der Waals surface area (Å²) in [7, 11) is 3.33. The molecule has 0 fully saturated rings. The van der Waals surface area contributed by atoms with Crippen molar-refractivity contribution in [2.45, 2.75) is 26.9 Å². The number of carbonyl (C=O) groups excluding carboxylic acids is 1. The molecule has 0 bridgehead atoms. The summed E-state index contributed by atoms with van der Waals surface area (Å²) in [6.07, 6.45) is 0. The third-order valence-corrected chi connectivity index (χ3v) is 5.43. The highest BCUT2D eigenvalue weighted by molar-refractivity contribution is 9.10. The Labute approximate surface area is 189 Å². The van der Waals surface area contributed by atoms with Gasteiger partial charge >= 0.3 is 5.69 Å². The molecule has 0 atom stereocenters. The number of H-pyrrole nitrogens is 1. The Morgan fingerprint density at radius 2 is 1.97 bits per heavy atom. The lowest BCUT2D eigenvalue weighted by molar-refractivity contribution is -0.119. The molecule has 1 amide bonds. The molecule has 0 saturated heterocycles. The molecule has 0 aliphatic rings. The summed E-state index contributed by atoms with van der Waals surface area (Å²) in [4.78, 5) is 43.5. The zero-order chi connectivity index (χ0) is 23.1. The maximum atomic E-state index is 13.2. The second-order valence-electron chi connectivity index (χ2n) is 7.80. The van der Waals surface area contributed by atoms with Crippen LogP contribution in [0, 0.1) is 5.92 Å². The fourth-order valence-corrected chi connectivity index (χ4v) is 3.63. The summed E-state index contributed by atoms with van der Waals surface area (Å²) in [6.45, 7) is 5.11. The van der Waals surface area contributed by atoms with Crippen LogP contribution in [0.5, 0.6) is 0 Å². The number of carbonyl (C=O) groups is 1. The maximum absolute atomic E-state index is 13.2. The Balaban J connectivity index is 2.34. The molecule has 170 valence electrons. The molecule has 3 N–H and O–H groups in total. The second-order valence-corrected chi connectivity index (χ2v) is 8.65. The molecule has 2 aromatic rings. The van der Waals surface area contributed by atoms with Gasteiger partial charge in [-0.1, -0.05) is 48.0 Å². The van der Waals surface area contributed by atoms with Gasteiger partial charge < -0.3 is 15.4 Å². The molecule has 0 saturated carbocycles. The van der Waals surface area contributed by atoms with Crippen molar-refractivity contribution in [1.29, 1.82) is 0 Å². The number of nitrogens with two attached hydrogens (primary N) is 1. The molecule has 0 radical (unpaired) electrons. The summed E-state index contributed by atoms with van der Waals surface area (Å²) in [5.41, 5.74) is 5.92. The van der Waals surface area contributed by atoms with Crippen molar-refractivity contribution in [3.05, 3.63) is 55.1 Å². The summed E-state index contributed by atoms with van der Waals surface area (Å²) < 4.78 is 7.37. The predicted molar refractivity (Wildman–Crippen MR) is 125 cm³/mol. The predicted octanol–water partition coefficient (Wildman–Crippen LogP) is 1.65. The number of nitrogens with one attached hydrogen (secondary N) is 1. The molecule has 0 spiro atoms.